The Morgan fingerprint density at radius 2 is 2.06 bits per heavy atom. The van der Waals surface area contributed by atoms with Crippen LogP contribution in [-0.2, 0) is 10.0 Å². The number of amidine groups is 1. The summed E-state index contributed by atoms with van der Waals surface area (Å²) in [5.41, 5.74) is 0.636. The van der Waals surface area contributed by atoms with Crippen molar-refractivity contribution in [3.63, 3.8) is 0 Å². The smallest absolute Gasteiger partial charge is 0.286 e. The molecule has 0 amide bonds. The van der Waals surface area contributed by atoms with E-state index in [0.717, 1.165) is 19.3 Å². The van der Waals surface area contributed by atoms with Gasteiger partial charge in [0.15, 0.2) is 0 Å². The highest BCUT2D eigenvalue weighted by molar-refractivity contribution is 7.90. The van der Waals surface area contributed by atoms with Crippen LogP contribution in [-0.4, -0.2) is 14.3 Å². The number of para-hydroxylation sites is 1. The van der Waals surface area contributed by atoms with Gasteiger partial charge in [0, 0.05) is 5.92 Å². The third kappa shape index (κ3) is 1.95. The maximum atomic E-state index is 12.1. The Balaban J connectivity index is 2.01. The van der Waals surface area contributed by atoms with Crippen molar-refractivity contribution in [3.05, 3.63) is 36.4 Å². The molecule has 1 heterocycles. The molecule has 94 valence electrons. The fourth-order valence-corrected chi connectivity index (χ4v) is 3.55. The van der Waals surface area contributed by atoms with Gasteiger partial charge in [0.25, 0.3) is 10.0 Å². The van der Waals surface area contributed by atoms with Crippen LogP contribution in [0, 0.1) is 5.92 Å². The van der Waals surface area contributed by atoms with Crippen LogP contribution in [0.4, 0.5) is 5.69 Å². The first-order chi connectivity index (χ1) is 8.67. The second-order valence-electron chi connectivity index (χ2n) is 4.55. The summed E-state index contributed by atoms with van der Waals surface area (Å²) in [6, 6.07) is 6.89. The van der Waals surface area contributed by atoms with E-state index in [1.54, 1.807) is 18.2 Å². The SMILES string of the molecule is O=S1(=O)N=C(C2CC=CCC2)Nc2ccccc21. The molecule has 1 N–H and O–H groups in total. The summed E-state index contributed by atoms with van der Waals surface area (Å²) >= 11 is 0. The Labute approximate surface area is 106 Å². The van der Waals surface area contributed by atoms with Crippen LogP contribution in [0.5, 0.6) is 0 Å². The van der Waals surface area contributed by atoms with Gasteiger partial charge in [-0.3, -0.25) is 0 Å². The number of sulfonamides is 1. The zero-order valence-corrected chi connectivity index (χ0v) is 10.7. The van der Waals surface area contributed by atoms with Gasteiger partial charge in [-0.05, 0) is 31.4 Å². The third-order valence-electron chi connectivity index (χ3n) is 3.30. The van der Waals surface area contributed by atoms with Gasteiger partial charge in [0.2, 0.25) is 0 Å². The first-order valence-electron chi connectivity index (χ1n) is 6.03. The van der Waals surface area contributed by atoms with Crippen LogP contribution in [0.25, 0.3) is 0 Å². The van der Waals surface area contributed by atoms with E-state index in [4.69, 9.17) is 0 Å². The number of nitrogens with zero attached hydrogens (tertiary/aromatic N) is 1. The summed E-state index contributed by atoms with van der Waals surface area (Å²) in [5.74, 6) is 0.760. The van der Waals surface area contributed by atoms with Crippen LogP contribution >= 0.6 is 0 Å². The molecule has 0 bridgehead atoms. The molecule has 0 radical (unpaired) electrons. The standard InChI is InChI=1S/C13H14N2O2S/c16-18(17)12-9-5-4-8-11(12)14-13(15-18)10-6-2-1-3-7-10/h1-2,4-5,8-10H,3,6-7H2,(H,14,15). The van der Waals surface area contributed by atoms with Crippen molar-refractivity contribution in [2.75, 3.05) is 5.32 Å². The van der Waals surface area contributed by atoms with Crippen molar-refractivity contribution in [3.8, 4) is 0 Å². The van der Waals surface area contributed by atoms with Gasteiger partial charge in [-0.1, -0.05) is 24.3 Å². The third-order valence-corrected chi connectivity index (χ3v) is 4.65. The normalized spacial score (nSPS) is 24.9. The molecule has 2 aliphatic rings. The molecule has 1 aromatic rings. The molecule has 1 unspecified atom stereocenters. The molecule has 0 spiro atoms. The average Bonchev–Trinajstić information content (AvgIpc) is 2.39. The zero-order valence-electron chi connectivity index (χ0n) is 9.83. The Morgan fingerprint density at radius 3 is 2.83 bits per heavy atom. The molecule has 0 saturated carbocycles. The number of nitrogens with one attached hydrogen (secondary N) is 1. The van der Waals surface area contributed by atoms with Crippen molar-refractivity contribution < 1.29 is 8.42 Å². The predicted octanol–water partition coefficient (Wildman–Crippen LogP) is 2.56. The van der Waals surface area contributed by atoms with E-state index in [9.17, 15) is 8.42 Å². The lowest BCUT2D eigenvalue weighted by atomic mass is 9.93. The summed E-state index contributed by atoms with van der Waals surface area (Å²) in [6.07, 6.45) is 6.99. The van der Waals surface area contributed by atoms with Crippen LogP contribution in [0.3, 0.4) is 0 Å². The van der Waals surface area contributed by atoms with Gasteiger partial charge in [0.1, 0.15) is 10.7 Å². The minimum atomic E-state index is -3.54. The molecular formula is C13H14N2O2S. The van der Waals surface area contributed by atoms with Gasteiger partial charge in [-0.15, -0.1) is 4.40 Å². The van der Waals surface area contributed by atoms with E-state index in [-0.39, 0.29) is 10.8 Å². The largest absolute Gasteiger partial charge is 0.342 e. The average molecular weight is 262 g/mol. The van der Waals surface area contributed by atoms with Crippen molar-refractivity contribution >= 4 is 21.5 Å². The van der Waals surface area contributed by atoms with Gasteiger partial charge in [0.05, 0.1) is 5.69 Å². The van der Waals surface area contributed by atoms with E-state index in [2.05, 4.69) is 21.9 Å². The van der Waals surface area contributed by atoms with Gasteiger partial charge >= 0.3 is 0 Å². The molecule has 4 nitrogen and oxygen atoms in total. The number of hydrogen-bond acceptors (Lipinski definition) is 3. The van der Waals surface area contributed by atoms with Gasteiger partial charge in [-0.2, -0.15) is 8.42 Å². The van der Waals surface area contributed by atoms with Crippen LogP contribution in [0.2, 0.25) is 0 Å². The van der Waals surface area contributed by atoms with E-state index in [1.807, 2.05) is 6.07 Å². The lowest BCUT2D eigenvalue weighted by molar-refractivity contribution is 0.591. The number of hydrogen-bond donors (Lipinski definition) is 1. The quantitative estimate of drug-likeness (QED) is 0.791. The van der Waals surface area contributed by atoms with Crippen LogP contribution < -0.4 is 5.32 Å². The molecule has 1 aromatic carbocycles. The first kappa shape index (κ1) is 11.5. The van der Waals surface area contributed by atoms with Crippen molar-refractivity contribution in [1.82, 2.24) is 0 Å². The Morgan fingerprint density at radius 1 is 1.22 bits per heavy atom. The fourth-order valence-electron chi connectivity index (χ4n) is 2.35. The van der Waals surface area contributed by atoms with Crippen LogP contribution in [0.1, 0.15) is 19.3 Å². The fraction of sp³-hybridized carbons (Fsp3) is 0.308. The van der Waals surface area contributed by atoms with Crippen molar-refractivity contribution in [2.24, 2.45) is 10.3 Å². The molecule has 1 aliphatic heterocycles. The highest BCUT2D eigenvalue weighted by Gasteiger charge is 2.28. The molecule has 1 aliphatic carbocycles. The number of allylic oxidation sites excluding steroid dienone is 2. The molecule has 0 aromatic heterocycles. The zero-order chi connectivity index (χ0) is 12.6. The molecule has 0 fully saturated rings. The summed E-state index contributed by atoms with van der Waals surface area (Å²) in [4.78, 5) is 0.264. The van der Waals surface area contributed by atoms with Crippen molar-refractivity contribution in [1.29, 1.82) is 0 Å². The number of rotatable bonds is 1. The molecule has 3 rings (SSSR count). The van der Waals surface area contributed by atoms with E-state index in [0.29, 0.717) is 11.5 Å². The lowest BCUT2D eigenvalue weighted by Gasteiger charge is -2.25. The molecule has 0 saturated heterocycles. The summed E-state index contributed by atoms with van der Waals surface area (Å²) in [5, 5.41) is 3.16. The van der Waals surface area contributed by atoms with E-state index < -0.39 is 10.0 Å². The second-order valence-corrected chi connectivity index (χ2v) is 6.13. The summed E-state index contributed by atoms with van der Waals surface area (Å²) in [7, 11) is -3.54. The second kappa shape index (κ2) is 4.24. The Hall–Kier alpha value is -1.62. The Kier molecular flexibility index (Phi) is 2.70. The molecule has 18 heavy (non-hydrogen) atoms. The van der Waals surface area contributed by atoms with E-state index >= 15 is 0 Å². The van der Waals surface area contributed by atoms with Crippen molar-refractivity contribution in [2.45, 2.75) is 24.2 Å². The number of fused-ring (bicyclic) bond motifs is 1. The number of anilines is 1. The lowest BCUT2D eigenvalue weighted by Crippen LogP contribution is -2.29. The maximum absolute atomic E-state index is 12.1. The summed E-state index contributed by atoms with van der Waals surface area (Å²) < 4.78 is 28.1. The van der Waals surface area contributed by atoms with Crippen LogP contribution in [0.15, 0.2) is 45.7 Å². The monoisotopic (exact) mass is 262 g/mol. The number of benzene rings is 1. The molecule has 5 heteroatoms. The minimum Gasteiger partial charge on any atom is -0.342 e. The molecule has 1 atom stereocenters. The highest BCUT2D eigenvalue weighted by Crippen LogP contribution is 2.30. The first-order valence-corrected chi connectivity index (χ1v) is 7.47. The Bertz CT molecular complexity index is 632. The topological polar surface area (TPSA) is 58.5 Å². The van der Waals surface area contributed by atoms with Gasteiger partial charge in [-0.25, -0.2) is 0 Å². The molecular weight excluding hydrogens is 248 g/mol. The summed E-state index contributed by atoms with van der Waals surface area (Å²) in [6.45, 7) is 0. The highest BCUT2D eigenvalue weighted by atomic mass is 32.2. The van der Waals surface area contributed by atoms with Gasteiger partial charge < -0.3 is 5.32 Å². The predicted molar refractivity (Wildman–Crippen MR) is 71.2 cm³/mol. The maximum Gasteiger partial charge on any atom is 0.286 e. The van der Waals surface area contributed by atoms with E-state index in [1.165, 1.54) is 0 Å². The minimum absolute atomic E-state index is 0.179.